The third-order valence-corrected chi connectivity index (χ3v) is 3.45. The minimum atomic E-state index is -0.0374. The Morgan fingerprint density at radius 2 is 2.11 bits per heavy atom. The zero-order valence-electron chi connectivity index (χ0n) is 10.3. The molecule has 3 N–H and O–H groups in total. The number of anilines is 1. The van der Waals surface area contributed by atoms with Gasteiger partial charge in [0.25, 0.3) is 5.91 Å². The Bertz CT molecular complexity index is 546. The van der Waals surface area contributed by atoms with E-state index in [0.717, 1.165) is 10.4 Å². The van der Waals surface area contributed by atoms with Crippen LogP contribution in [0.1, 0.15) is 23.5 Å². The molecule has 0 saturated carbocycles. The third-order valence-electron chi connectivity index (χ3n) is 2.32. The van der Waals surface area contributed by atoms with E-state index in [1.54, 1.807) is 12.3 Å². The van der Waals surface area contributed by atoms with E-state index in [-0.39, 0.29) is 11.9 Å². The van der Waals surface area contributed by atoms with Crippen molar-refractivity contribution >= 4 is 23.1 Å². The van der Waals surface area contributed by atoms with Gasteiger partial charge in [-0.1, -0.05) is 0 Å². The summed E-state index contributed by atoms with van der Waals surface area (Å²) in [6, 6.07) is 7.55. The SMILES string of the molecule is CC(C)NC(=O)c1ccc(-c2ccc(N)nc2)s1. The number of hydrogen-bond acceptors (Lipinski definition) is 4. The maximum atomic E-state index is 11.8. The van der Waals surface area contributed by atoms with Gasteiger partial charge in [0.2, 0.25) is 0 Å². The fraction of sp³-hybridized carbons (Fsp3) is 0.231. The van der Waals surface area contributed by atoms with Crippen LogP contribution in [0.2, 0.25) is 0 Å². The highest BCUT2D eigenvalue weighted by molar-refractivity contribution is 7.17. The zero-order chi connectivity index (χ0) is 13.1. The molecule has 0 spiro atoms. The van der Waals surface area contributed by atoms with Crippen LogP contribution in [-0.2, 0) is 0 Å². The number of amides is 1. The molecule has 1 amide bonds. The van der Waals surface area contributed by atoms with E-state index in [0.29, 0.717) is 10.7 Å². The van der Waals surface area contributed by atoms with Crippen LogP contribution in [0.15, 0.2) is 30.5 Å². The van der Waals surface area contributed by atoms with E-state index in [2.05, 4.69) is 10.3 Å². The molecule has 4 nitrogen and oxygen atoms in total. The second-order valence-electron chi connectivity index (χ2n) is 4.26. The van der Waals surface area contributed by atoms with Crippen LogP contribution >= 0.6 is 11.3 Å². The Morgan fingerprint density at radius 3 is 2.72 bits per heavy atom. The van der Waals surface area contributed by atoms with Crippen molar-refractivity contribution in [2.24, 2.45) is 0 Å². The average Bonchev–Trinajstić information content (AvgIpc) is 2.78. The van der Waals surface area contributed by atoms with Crippen molar-refractivity contribution < 1.29 is 4.79 Å². The maximum Gasteiger partial charge on any atom is 0.261 e. The molecule has 0 atom stereocenters. The zero-order valence-corrected chi connectivity index (χ0v) is 11.1. The maximum absolute atomic E-state index is 11.8. The van der Waals surface area contributed by atoms with Crippen LogP contribution in [0.3, 0.4) is 0 Å². The number of hydrogen-bond donors (Lipinski definition) is 2. The van der Waals surface area contributed by atoms with Gasteiger partial charge in [-0.2, -0.15) is 0 Å². The van der Waals surface area contributed by atoms with Gasteiger partial charge in [-0.05, 0) is 38.1 Å². The molecule has 0 fully saturated rings. The van der Waals surface area contributed by atoms with E-state index in [1.807, 2.05) is 32.0 Å². The highest BCUT2D eigenvalue weighted by atomic mass is 32.1. The Balaban J connectivity index is 2.20. The van der Waals surface area contributed by atoms with Gasteiger partial charge >= 0.3 is 0 Å². The number of carbonyl (C=O) groups is 1. The number of nitrogens with zero attached hydrogens (tertiary/aromatic N) is 1. The summed E-state index contributed by atoms with van der Waals surface area (Å²) in [5.74, 6) is 0.456. The molecule has 0 aromatic carbocycles. The Kier molecular flexibility index (Phi) is 3.62. The fourth-order valence-electron chi connectivity index (χ4n) is 1.50. The van der Waals surface area contributed by atoms with Crippen molar-refractivity contribution in [3.8, 4) is 10.4 Å². The number of rotatable bonds is 3. The van der Waals surface area contributed by atoms with Crippen molar-refractivity contribution in [1.29, 1.82) is 0 Å². The normalized spacial score (nSPS) is 10.6. The second kappa shape index (κ2) is 5.18. The molecule has 0 saturated heterocycles. The lowest BCUT2D eigenvalue weighted by Crippen LogP contribution is -2.29. The lowest BCUT2D eigenvalue weighted by molar-refractivity contribution is 0.0947. The lowest BCUT2D eigenvalue weighted by atomic mass is 10.2. The van der Waals surface area contributed by atoms with E-state index in [4.69, 9.17) is 5.73 Å². The van der Waals surface area contributed by atoms with Crippen molar-refractivity contribution in [1.82, 2.24) is 10.3 Å². The summed E-state index contributed by atoms with van der Waals surface area (Å²) >= 11 is 1.45. The summed E-state index contributed by atoms with van der Waals surface area (Å²) in [6.45, 7) is 3.88. The van der Waals surface area contributed by atoms with E-state index >= 15 is 0 Å². The van der Waals surface area contributed by atoms with E-state index < -0.39 is 0 Å². The quantitative estimate of drug-likeness (QED) is 0.892. The first-order valence-electron chi connectivity index (χ1n) is 5.69. The molecule has 0 aliphatic carbocycles. The van der Waals surface area contributed by atoms with Crippen molar-refractivity contribution in [3.05, 3.63) is 35.3 Å². The van der Waals surface area contributed by atoms with Crippen molar-refractivity contribution in [3.63, 3.8) is 0 Å². The van der Waals surface area contributed by atoms with Gasteiger partial charge in [-0.3, -0.25) is 4.79 Å². The first-order chi connectivity index (χ1) is 8.56. The van der Waals surface area contributed by atoms with E-state index in [1.165, 1.54) is 11.3 Å². The van der Waals surface area contributed by atoms with Crippen LogP contribution < -0.4 is 11.1 Å². The molecule has 0 radical (unpaired) electrons. The summed E-state index contributed by atoms with van der Waals surface area (Å²) in [5.41, 5.74) is 6.51. The predicted octanol–water partition coefficient (Wildman–Crippen LogP) is 2.53. The molecule has 0 aliphatic heterocycles. The molecule has 94 valence electrons. The second-order valence-corrected chi connectivity index (χ2v) is 5.35. The number of thiophene rings is 1. The molecule has 2 rings (SSSR count). The van der Waals surface area contributed by atoms with Gasteiger partial charge in [0, 0.05) is 22.7 Å². The van der Waals surface area contributed by atoms with Gasteiger partial charge < -0.3 is 11.1 Å². The van der Waals surface area contributed by atoms with Crippen LogP contribution in [0.25, 0.3) is 10.4 Å². The average molecular weight is 261 g/mol. The first kappa shape index (κ1) is 12.6. The minimum absolute atomic E-state index is 0.0374. The summed E-state index contributed by atoms with van der Waals surface area (Å²) < 4.78 is 0. The van der Waals surface area contributed by atoms with Gasteiger partial charge in [-0.25, -0.2) is 4.98 Å². The van der Waals surface area contributed by atoms with Gasteiger partial charge in [0.05, 0.1) is 4.88 Å². The number of pyridine rings is 1. The molecule has 2 aromatic rings. The molecule has 0 bridgehead atoms. The minimum Gasteiger partial charge on any atom is -0.384 e. The topological polar surface area (TPSA) is 68.0 Å². The van der Waals surface area contributed by atoms with Crippen LogP contribution in [0.4, 0.5) is 5.82 Å². The summed E-state index contributed by atoms with van der Waals surface area (Å²) in [7, 11) is 0. The number of nitrogens with two attached hydrogens (primary N) is 1. The molecule has 0 unspecified atom stereocenters. The molecule has 5 heteroatoms. The van der Waals surface area contributed by atoms with Crippen molar-refractivity contribution in [2.45, 2.75) is 19.9 Å². The highest BCUT2D eigenvalue weighted by Gasteiger charge is 2.11. The molecule has 18 heavy (non-hydrogen) atoms. The number of aromatic nitrogens is 1. The third kappa shape index (κ3) is 2.87. The van der Waals surface area contributed by atoms with Crippen LogP contribution in [0, 0.1) is 0 Å². The fourth-order valence-corrected chi connectivity index (χ4v) is 2.40. The Hall–Kier alpha value is -1.88. The van der Waals surface area contributed by atoms with Gasteiger partial charge in [0.1, 0.15) is 5.82 Å². The molecule has 2 aromatic heterocycles. The monoisotopic (exact) mass is 261 g/mol. The summed E-state index contributed by atoms with van der Waals surface area (Å²) in [4.78, 5) is 17.6. The molecular weight excluding hydrogens is 246 g/mol. The summed E-state index contributed by atoms with van der Waals surface area (Å²) in [6.07, 6.45) is 1.71. The van der Waals surface area contributed by atoms with E-state index in [9.17, 15) is 4.79 Å². The number of nitrogens with one attached hydrogen (secondary N) is 1. The Labute approximate surface area is 110 Å². The molecule has 2 heterocycles. The highest BCUT2D eigenvalue weighted by Crippen LogP contribution is 2.27. The van der Waals surface area contributed by atoms with Gasteiger partial charge in [-0.15, -0.1) is 11.3 Å². The van der Waals surface area contributed by atoms with Crippen molar-refractivity contribution in [2.75, 3.05) is 5.73 Å². The van der Waals surface area contributed by atoms with Crippen LogP contribution in [-0.4, -0.2) is 16.9 Å². The molecule has 0 aliphatic rings. The smallest absolute Gasteiger partial charge is 0.261 e. The standard InChI is InChI=1S/C13H15N3OS/c1-8(2)16-13(17)11-5-4-10(18-11)9-3-6-12(14)15-7-9/h3-8H,1-2H3,(H2,14,15)(H,16,17). The first-order valence-corrected chi connectivity index (χ1v) is 6.50. The predicted molar refractivity (Wildman–Crippen MR) is 74.6 cm³/mol. The summed E-state index contributed by atoms with van der Waals surface area (Å²) in [5, 5.41) is 2.87. The number of carbonyl (C=O) groups excluding carboxylic acids is 1. The lowest BCUT2D eigenvalue weighted by Gasteiger charge is -2.05. The largest absolute Gasteiger partial charge is 0.384 e. The molecular formula is C13H15N3OS. The Morgan fingerprint density at radius 1 is 1.33 bits per heavy atom. The number of nitrogen functional groups attached to an aromatic ring is 1. The van der Waals surface area contributed by atoms with Crippen LogP contribution in [0.5, 0.6) is 0 Å². The van der Waals surface area contributed by atoms with Gasteiger partial charge in [0.15, 0.2) is 0 Å².